The van der Waals surface area contributed by atoms with Crippen LogP contribution in [0.4, 0.5) is 18.9 Å². The molecule has 3 rings (SSSR count). The highest BCUT2D eigenvalue weighted by molar-refractivity contribution is 6.00. The van der Waals surface area contributed by atoms with Crippen LogP contribution in [0.25, 0.3) is 0 Å². The zero-order valence-corrected chi connectivity index (χ0v) is 14.1. The lowest BCUT2D eigenvalue weighted by molar-refractivity contribution is -0.137. The molecule has 0 saturated carbocycles. The molecular weight excluding hydrogens is 363 g/mol. The number of benzene rings is 2. The molecule has 0 saturated heterocycles. The number of hydrogen-bond donors (Lipinski definition) is 1. The molecule has 0 spiro atoms. The lowest BCUT2D eigenvalue weighted by Gasteiger charge is -2.18. The number of ketones is 1. The first-order valence-corrected chi connectivity index (χ1v) is 8.23. The average Bonchev–Trinajstić information content (AvgIpc) is 2.65. The number of amides is 1. The number of ether oxygens (including phenoxy) is 2. The van der Waals surface area contributed by atoms with Crippen molar-refractivity contribution >= 4 is 17.4 Å². The molecule has 0 radical (unpaired) electrons. The second-order valence-electron chi connectivity index (χ2n) is 5.87. The van der Waals surface area contributed by atoms with Crippen molar-refractivity contribution in [2.24, 2.45) is 0 Å². The Hall–Kier alpha value is -3.03. The van der Waals surface area contributed by atoms with Crippen LogP contribution in [-0.4, -0.2) is 24.9 Å². The van der Waals surface area contributed by atoms with Crippen molar-refractivity contribution in [3.63, 3.8) is 0 Å². The molecule has 1 N–H and O–H groups in total. The Morgan fingerprint density at radius 2 is 1.67 bits per heavy atom. The van der Waals surface area contributed by atoms with Crippen molar-refractivity contribution in [1.29, 1.82) is 0 Å². The minimum atomic E-state index is -4.58. The number of carbonyl (C=O) groups excluding carboxylic acids is 2. The molecule has 5 nitrogen and oxygen atoms in total. The van der Waals surface area contributed by atoms with Gasteiger partial charge < -0.3 is 14.8 Å². The van der Waals surface area contributed by atoms with E-state index in [9.17, 15) is 22.8 Å². The Kier molecular flexibility index (Phi) is 5.34. The van der Waals surface area contributed by atoms with Gasteiger partial charge in [-0.25, -0.2) is 0 Å². The van der Waals surface area contributed by atoms with E-state index in [2.05, 4.69) is 5.32 Å². The number of hydrogen-bond acceptors (Lipinski definition) is 4. The molecule has 142 valence electrons. The van der Waals surface area contributed by atoms with Crippen LogP contribution >= 0.6 is 0 Å². The first-order valence-electron chi connectivity index (χ1n) is 8.23. The van der Waals surface area contributed by atoms with Crippen LogP contribution in [0.5, 0.6) is 11.5 Å². The number of nitrogens with one attached hydrogen (secondary N) is 1. The molecule has 27 heavy (non-hydrogen) atoms. The summed E-state index contributed by atoms with van der Waals surface area (Å²) in [7, 11) is 0. The van der Waals surface area contributed by atoms with Crippen LogP contribution < -0.4 is 14.8 Å². The lowest BCUT2D eigenvalue weighted by atomic mass is 10.1. The van der Waals surface area contributed by atoms with Gasteiger partial charge in [0.1, 0.15) is 13.2 Å². The topological polar surface area (TPSA) is 64.6 Å². The molecule has 0 unspecified atom stereocenters. The van der Waals surface area contributed by atoms with Gasteiger partial charge in [-0.05, 0) is 30.3 Å². The third-order valence-electron chi connectivity index (χ3n) is 3.95. The molecule has 1 heterocycles. The third kappa shape index (κ3) is 4.58. The van der Waals surface area contributed by atoms with Gasteiger partial charge in [0.2, 0.25) is 5.91 Å². The zero-order chi connectivity index (χ0) is 19.4. The van der Waals surface area contributed by atoms with E-state index in [1.165, 1.54) is 24.3 Å². The molecule has 8 heteroatoms. The monoisotopic (exact) mass is 379 g/mol. The van der Waals surface area contributed by atoms with E-state index in [0.717, 1.165) is 6.07 Å². The van der Waals surface area contributed by atoms with Crippen LogP contribution in [0.15, 0.2) is 42.5 Å². The Labute approximate surface area is 153 Å². The molecule has 2 aromatic rings. The van der Waals surface area contributed by atoms with Gasteiger partial charge in [0.25, 0.3) is 0 Å². The summed E-state index contributed by atoms with van der Waals surface area (Å²) in [6.07, 6.45) is -4.95. The molecule has 0 bridgehead atoms. The minimum Gasteiger partial charge on any atom is -0.486 e. The molecule has 1 aliphatic rings. The molecule has 0 atom stereocenters. The van der Waals surface area contributed by atoms with E-state index in [-0.39, 0.29) is 24.3 Å². The van der Waals surface area contributed by atoms with Crippen LogP contribution in [0.3, 0.4) is 0 Å². The summed E-state index contributed by atoms with van der Waals surface area (Å²) in [6, 6.07) is 9.40. The van der Waals surface area contributed by atoms with Crippen molar-refractivity contribution in [3.05, 3.63) is 53.6 Å². The third-order valence-corrected chi connectivity index (χ3v) is 3.95. The van der Waals surface area contributed by atoms with Gasteiger partial charge in [-0.1, -0.05) is 12.1 Å². The van der Waals surface area contributed by atoms with Crippen LogP contribution in [0, 0.1) is 0 Å². The van der Waals surface area contributed by atoms with Crippen molar-refractivity contribution in [2.45, 2.75) is 19.0 Å². The fraction of sp³-hybridized carbons (Fsp3) is 0.263. The normalized spacial score (nSPS) is 13.1. The highest BCUT2D eigenvalue weighted by Crippen LogP contribution is 2.34. The number of rotatable bonds is 5. The number of halogens is 3. The largest absolute Gasteiger partial charge is 0.486 e. The predicted molar refractivity (Wildman–Crippen MR) is 91.1 cm³/mol. The van der Waals surface area contributed by atoms with Gasteiger partial charge >= 0.3 is 6.18 Å². The van der Waals surface area contributed by atoms with Crippen molar-refractivity contribution in [1.82, 2.24) is 0 Å². The van der Waals surface area contributed by atoms with Gasteiger partial charge in [0.05, 0.1) is 11.3 Å². The molecule has 0 aromatic heterocycles. The maximum Gasteiger partial charge on any atom is 0.418 e. The molecule has 2 aromatic carbocycles. The summed E-state index contributed by atoms with van der Waals surface area (Å²) in [4.78, 5) is 24.2. The molecule has 0 aliphatic carbocycles. The summed E-state index contributed by atoms with van der Waals surface area (Å²) in [5, 5.41) is 2.22. The average molecular weight is 379 g/mol. The van der Waals surface area contributed by atoms with E-state index < -0.39 is 17.6 Å². The summed E-state index contributed by atoms with van der Waals surface area (Å²) in [6.45, 7) is 0.811. The van der Waals surface area contributed by atoms with Crippen LogP contribution in [0.2, 0.25) is 0 Å². The van der Waals surface area contributed by atoms with Gasteiger partial charge in [0.15, 0.2) is 17.3 Å². The standard InChI is InChI=1S/C19H16F3NO4/c20-19(21,22)13-3-1-2-4-14(13)23-18(25)8-6-15(24)12-5-7-16-17(11-12)27-10-9-26-16/h1-5,7,11H,6,8-10H2,(H,23,25). The van der Waals surface area contributed by atoms with Crippen molar-refractivity contribution in [3.8, 4) is 11.5 Å². The predicted octanol–water partition coefficient (Wildman–Crippen LogP) is 4.08. The number of fused-ring (bicyclic) bond motifs is 1. The Morgan fingerprint density at radius 3 is 2.41 bits per heavy atom. The van der Waals surface area contributed by atoms with Crippen molar-refractivity contribution < 1.29 is 32.2 Å². The Balaban J connectivity index is 1.61. The molecule has 0 fully saturated rings. The maximum absolute atomic E-state index is 12.9. The maximum atomic E-state index is 12.9. The number of Topliss-reactive ketones (excluding diaryl/α,β-unsaturated/α-hetero) is 1. The quantitative estimate of drug-likeness (QED) is 0.796. The van der Waals surface area contributed by atoms with E-state index in [1.807, 2.05) is 0 Å². The first kappa shape index (κ1) is 18.8. The number of carbonyl (C=O) groups is 2. The van der Waals surface area contributed by atoms with Crippen molar-refractivity contribution in [2.75, 3.05) is 18.5 Å². The summed E-state index contributed by atoms with van der Waals surface area (Å²) in [5.41, 5.74) is -0.916. The highest BCUT2D eigenvalue weighted by Gasteiger charge is 2.33. The summed E-state index contributed by atoms with van der Waals surface area (Å²) >= 11 is 0. The van der Waals surface area contributed by atoms with E-state index >= 15 is 0 Å². The SMILES string of the molecule is O=C(CCC(=O)c1ccc2c(c1)OCCO2)Nc1ccccc1C(F)(F)F. The summed E-state index contributed by atoms with van der Waals surface area (Å²) < 4.78 is 49.6. The van der Waals surface area contributed by atoms with Crippen LogP contribution in [0.1, 0.15) is 28.8 Å². The fourth-order valence-electron chi connectivity index (χ4n) is 2.64. The van der Waals surface area contributed by atoms with Crippen LogP contribution in [-0.2, 0) is 11.0 Å². The molecule has 1 amide bonds. The Morgan fingerprint density at radius 1 is 0.963 bits per heavy atom. The highest BCUT2D eigenvalue weighted by atomic mass is 19.4. The van der Waals surface area contributed by atoms with Gasteiger partial charge in [0, 0.05) is 18.4 Å². The number of anilines is 1. The number of alkyl halides is 3. The zero-order valence-electron chi connectivity index (χ0n) is 14.1. The Bertz CT molecular complexity index is 864. The van der Waals surface area contributed by atoms with Gasteiger partial charge in [-0.2, -0.15) is 13.2 Å². The smallest absolute Gasteiger partial charge is 0.418 e. The first-order chi connectivity index (χ1) is 12.8. The summed E-state index contributed by atoms with van der Waals surface area (Å²) in [5.74, 6) is 0.0128. The van der Waals surface area contributed by atoms with E-state index in [1.54, 1.807) is 12.1 Å². The van der Waals surface area contributed by atoms with Gasteiger partial charge in [-0.15, -0.1) is 0 Å². The second kappa shape index (κ2) is 7.69. The molecule has 1 aliphatic heterocycles. The van der Waals surface area contributed by atoms with Gasteiger partial charge in [-0.3, -0.25) is 9.59 Å². The second-order valence-corrected chi connectivity index (χ2v) is 5.87. The minimum absolute atomic E-state index is 0.139. The molecular formula is C19H16F3NO4. The van der Waals surface area contributed by atoms with E-state index in [4.69, 9.17) is 9.47 Å². The fourth-order valence-corrected chi connectivity index (χ4v) is 2.64. The lowest BCUT2D eigenvalue weighted by Crippen LogP contribution is -2.18. The van der Waals surface area contributed by atoms with E-state index in [0.29, 0.717) is 30.3 Å². The number of para-hydroxylation sites is 1.